The standard InChI is InChI=1S/C17H12FNOS/c18-14-6-2-4-8-17(14)21-11-16(20)13-9-12-5-1-3-7-15(12)19-10-13/h1-10H,11H2. The molecule has 3 aromatic rings. The summed E-state index contributed by atoms with van der Waals surface area (Å²) in [5.74, 6) is -0.158. The van der Waals surface area contributed by atoms with Crippen LogP contribution in [0.3, 0.4) is 0 Å². The Kier molecular flexibility index (Phi) is 3.97. The second-order valence-corrected chi connectivity index (χ2v) is 5.58. The van der Waals surface area contributed by atoms with Crippen LogP contribution in [-0.4, -0.2) is 16.5 Å². The van der Waals surface area contributed by atoms with Gasteiger partial charge in [-0.15, -0.1) is 11.8 Å². The molecule has 2 nitrogen and oxygen atoms in total. The monoisotopic (exact) mass is 297 g/mol. The number of carbonyl (C=O) groups excluding carboxylic acids is 1. The summed E-state index contributed by atoms with van der Waals surface area (Å²) < 4.78 is 13.5. The van der Waals surface area contributed by atoms with Crippen molar-refractivity contribution in [3.63, 3.8) is 0 Å². The Bertz CT molecular complexity index is 803. The molecule has 3 rings (SSSR count). The molecule has 0 aliphatic carbocycles. The third kappa shape index (κ3) is 3.11. The number of benzene rings is 2. The zero-order valence-electron chi connectivity index (χ0n) is 11.1. The highest BCUT2D eigenvalue weighted by molar-refractivity contribution is 8.00. The first-order valence-electron chi connectivity index (χ1n) is 6.49. The molecule has 104 valence electrons. The Morgan fingerprint density at radius 1 is 1.10 bits per heavy atom. The third-order valence-corrected chi connectivity index (χ3v) is 4.16. The van der Waals surface area contributed by atoms with E-state index in [4.69, 9.17) is 0 Å². The fourth-order valence-corrected chi connectivity index (χ4v) is 2.85. The van der Waals surface area contributed by atoms with Crippen LogP contribution >= 0.6 is 11.8 Å². The van der Waals surface area contributed by atoms with Gasteiger partial charge in [0.15, 0.2) is 5.78 Å². The maximum atomic E-state index is 13.5. The van der Waals surface area contributed by atoms with Crippen LogP contribution in [0.2, 0.25) is 0 Å². The van der Waals surface area contributed by atoms with Crippen molar-refractivity contribution in [3.8, 4) is 0 Å². The number of ketones is 1. The zero-order chi connectivity index (χ0) is 14.7. The highest BCUT2D eigenvalue weighted by Crippen LogP contribution is 2.22. The summed E-state index contributed by atoms with van der Waals surface area (Å²) in [4.78, 5) is 16.9. The number of rotatable bonds is 4. The molecule has 0 saturated heterocycles. The van der Waals surface area contributed by atoms with Crippen LogP contribution < -0.4 is 0 Å². The number of Topliss-reactive ketones (excluding diaryl/α,β-unsaturated/α-hetero) is 1. The number of para-hydroxylation sites is 1. The number of hydrogen-bond acceptors (Lipinski definition) is 3. The first-order valence-corrected chi connectivity index (χ1v) is 7.48. The topological polar surface area (TPSA) is 30.0 Å². The lowest BCUT2D eigenvalue weighted by Crippen LogP contribution is -2.03. The van der Waals surface area contributed by atoms with Crippen molar-refractivity contribution in [1.29, 1.82) is 0 Å². The number of halogens is 1. The Morgan fingerprint density at radius 3 is 2.71 bits per heavy atom. The first-order chi connectivity index (χ1) is 10.2. The van der Waals surface area contributed by atoms with Crippen molar-refractivity contribution in [2.75, 3.05) is 5.75 Å². The lowest BCUT2D eigenvalue weighted by Gasteiger charge is -2.04. The van der Waals surface area contributed by atoms with Crippen molar-refractivity contribution < 1.29 is 9.18 Å². The molecule has 2 aromatic carbocycles. The molecule has 1 heterocycles. The highest BCUT2D eigenvalue weighted by Gasteiger charge is 2.10. The van der Waals surface area contributed by atoms with Gasteiger partial charge in [-0.2, -0.15) is 0 Å². The minimum absolute atomic E-state index is 0.0542. The summed E-state index contributed by atoms with van der Waals surface area (Å²) in [5.41, 5.74) is 1.41. The smallest absolute Gasteiger partial charge is 0.174 e. The maximum Gasteiger partial charge on any atom is 0.174 e. The Morgan fingerprint density at radius 2 is 1.86 bits per heavy atom. The summed E-state index contributed by atoms with van der Waals surface area (Å²) in [5, 5.41) is 0.930. The summed E-state index contributed by atoms with van der Waals surface area (Å²) >= 11 is 1.20. The van der Waals surface area contributed by atoms with Gasteiger partial charge in [-0.1, -0.05) is 30.3 Å². The van der Waals surface area contributed by atoms with E-state index in [1.165, 1.54) is 17.8 Å². The summed E-state index contributed by atoms with van der Waals surface area (Å²) in [6, 6.07) is 15.9. The lowest BCUT2D eigenvalue weighted by molar-refractivity contribution is 0.102. The van der Waals surface area contributed by atoms with Crippen molar-refractivity contribution >= 4 is 28.4 Å². The van der Waals surface area contributed by atoms with Gasteiger partial charge in [-0.25, -0.2) is 4.39 Å². The number of thioether (sulfide) groups is 1. The fourth-order valence-electron chi connectivity index (χ4n) is 2.01. The molecule has 0 aliphatic heterocycles. The number of aromatic nitrogens is 1. The Labute approximate surface area is 126 Å². The fraction of sp³-hybridized carbons (Fsp3) is 0.0588. The van der Waals surface area contributed by atoms with Crippen LogP contribution in [0, 0.1) is 5.82 Å². The molecule has 4 heteroatoms. The van der Waals surface area contributed by atoms with E-state index in [0.717, 1.165) is 10.9 Å². The molecule has 0 unspecified atom stereocenters. The lowest BCUT2D eigenvalue weighted by atomic mass is 10.1. The average molecular weight is 297 g/mol. The quantitative estimate of drug-likeness (QED) is 0.530. The van der Waals surface area contributed by atoms with Crippen LogP contribution in [0.4, 0.5) is 4.39 Å². The highest BCUT2D eigenvalue weighted by atomic mass is 32.2. The van der Waals surface area contributed by atoms with Crippen molar-refractivity contribution in [2.45, 2.75) is 4.90 Å². The van der Waals surface area contributed by atoms with Gasteiger partial charge >= 0.3 is 0 Å². The van der Waals surface area contributed by atoms with Crippen molar-refractivity contribution in [1.82, 2.24) is 4.98 Å². The Hall–Kier alpha value is -2.20. The SMILES string of the molecule is O=C(CSc1ccccc1F)c1cnc2ccccc2c1. The van der Waals surface area contributed by atoms with E-state index in [0.29, 0.717) is 10.5 Å². The molecule has 0 fully saturated rings. The van der Waals surface area contributed by atoms with E-state index in [1.807, 2.05) is 30.3 Å². The minimum Gasteiger partial charge on any atom is -0.293 e. The molecule has 0 spiro atoms. The maximum absolute atomic E-state index is 13.5. The van der Waals surface area contributed by atoms with E-state index >= 15 is 0 Å². The van der Waals surface area contributed by atoms with E-state index in [9.17, 15) is 9.18 Å². The molecule has 0 atom stereocenters. The van der Waals surface area contributed by atoms with Crippen molar-refractivity contribution in [3.05, 3.63) is 72.2 Å². The minimum atomic E-state index is -0.299. The number of hydrogen-bond donors (Lipinski definition) is 0. The largest absolute Gasteiger partial charge is 0.293 e. The zero-order valence-corrected chi connectivity index (χ0v) is 11.9. The van der Waals surface area contributed by atoms with E-state index in [-0.39, 0.29) is 17.4 Å². The molecular weight excluding hydrogens is 285 g/mol. The summed E-state index contributed by atoms with van der Waals surface area (Å²) in [6.07, 6.45) is 1.58. The van der Waals surface area contributed by atoms with Crippen LogP contribution in [0.1, 0.15) is 10.4 Å². The molecular formula is C17H12FNOS. The molecule has 0 amide bonds. The molecule has 0 N–H and O–H groups in total. The Balaban J connectivity index is 1.76. The van der Waals surface area contributed by atoms with Gasteiger partial charge in [-0.3, -0.25) is 9.78 Å². The van der Waals surface area contributed by atoms with Crippen LogP contribution in [0.15, 0.2) is 65.7 Å². The molecule has 0 aliphatic rings. The second kappa shape index (κ2) is 6.06. The molecule has 0 bridgehead atoms. The first kappa shape index (κ1) is 13.8. The summed E-state index contributed by atoms with van der Waals surface area (Å²) in [6.45, 7) is 0. The van der Waals surface area contributed by atoms with Gasteiger partial charge in [0.2, 0.25) is 0 Å². The number of pyridine rings is 1. The normalized spacial score (nSPS) is 10.7. The van der Waals surface area contributed by atoms with E-state index in [2.05, 4.69) is 4.98 Å². The van der Waals surface area contributed by atoms with E-state index in [1.54, 1.807) is 24.4 Å². The second-order valence-electron chi connectivity index (χ2n) is 4.56. The third-order valence-electron chi connectivity index (χ3n) is 3.11. The van der Waals surface area contributed by atoms with Crippen LogP contribution in [-0.2, 0) is 0 Å². The molecule has 0 radical (unpaired) electrons. The molecule has 21 heavy (non-hydrogen) atoms. The van der Waals surface area contributed by atoms with Gasteiger partial charge in [-0.05, 0) is 24.3 Å². The van der Waals surface area contributed by atoms with Gasteiger partial charge in [0.1, 0.15) is 5.82 Å². The van der Waals surface area contributed by atoms with Gasteiger partial charge in [0.05, 0.1) is 11.3 Å². The molecule has 1 aromatic heterocycles. The van der Waals surface area contributed by atoms with Gasteiger partial charge in [0, 0.05) is 22.0 Å². The van der Waals surface area contributed by atoms with Crippen molar-refractivity contribution in [2.24, 2.45) is 0 Å². The number of carbonyl (C=O) groups is 1. The predicted molar refractivity (Wildman–Crippen MR) is 83.2 cm³/mol. The van der Waals surface area contributed by atoms with E-state index < -0.39 is 0 Å². The predicted octanol–water partition coefficient (Wildman–Crippen LogP) is 4.35. The molecule has 0 saturated carbocycles. The number of fused-ring (bicyclic) bond motifs is 1. The van der Waals surface area contributed by atoms with Crippen LogP contribution in [0.25, 0.3) is 10.9 Å². The number of nitrogens with zero attached hydrogens (tertiary/aromatic N) is 1. The van der Waals surface area contributed by atoms with Crippen LogP contribution in [0.5, 0.6) is 0 Å². The average Bonchev–Trinajstić information content (AvgIpc) is 2.53. The summed E-state index contributed by atoms with van der Waals surface area (Å²) in [7, 11) is 0. The van der Waals surface area contributed by atoms with Gasteiger partial charge in [0.25, 0.3) is 0 Å². The van der Waals surface area contributed by atoms with Gasteiger partial charge < -0.3 is 0 Å².